The molecule has 0 saturated heterocycles. The number of carbonyl (C=O) groups is 1. The lowest BCUT2D eigenvalue weighted by atomic mass is 10.2. The minimum absolute atomic E-state index is 0.135. The summed E-state index contributed by atoms with van der Waals surface area (Å²) in [5.74, 6) is 0. The zero-order valence-electron chi connectivity index (χ0n) is 14.8. The molecule has 1 unspecified atom stereocenters. The predicted molar refractivity (Wildman–Crippen MR) is 99.3 cm³/mol. The predicted octanol–water partition coefficient (Wildman–Crippen LogP) is 1.92. The van der Waals surface area contributed by atoms with Crippen molar-refractivity contribution in [3.05, 3.63) is 48.5 Å². The Balaban J connectivity index is 1.89. The third kappa shape index (κ3) is 6.08. The maximum Gasteiger partial charge on any atom is 0.319 e. The molecule has 0 fully saturated rings. The molecule has 0 aliphatic heterocycles. The molecule has 1 aromatic heterocycles. The lowest BCUT2D eigenvalue weighted by Gasteiger charge is -2.14. The molecule has 0 aliphatic carbocycles. The fourth-order valence-electron chi connectivity index (χ4n) is 2.23. The van der Waals surface area contributed by atoms with Gasteiger partial charge in [0.2, 0.25) is 10.0 Å². The Kier molecular flexibility index (Phi) is 7.05. The molecule has 2 amide bonds. The van der Waals surface area contributed by atoms with Crippen LogP contribution >= 0.6 is 0 Å². The normalized spacial score (nSPS) is 12.4. The van der Waals surface area contributed by atoms with Gasteiger partial charge in [-0.2, -0.15) is 0 Å². The largest absolute Gasteiger partial charge is 0.335 e. The summed E-state index contributed by atoms with van der Waals surface area (Å²) in [4.78, 5) is 20.4. The molecule has 0 aliphatic rings. The summed E-state index contributed by atoms with van der Waals surface area (Å²) in [7, 11) is -3.51. The summed E-state index contributed by atoms with van der Waals surface area (Å²) in [5.41, 5.74) is 1.29. The van der Waals surface area contributed by atoms with Crippen LogP contribution in [-0.2, 0) is 16.4 Å². The van der Waals surface area contributed by atoms with Crippen molar-refractivity contribution in [1.82, 2.24) is 20.0 Å². The van der Waals surface area contributed by atoms with Gasteiger partial charge in [0.05, 0.1) is 10.6 Å². The van der Waals surface area contributed by atoms with Crippen molar-refractivity contribution in [2.24, 2.45) is 0 Å². The third-order valence-corrected chi connectivity index (χ3v) is 4.95. The summed E-state index contributed by atoms with van der Waals surface area (Å²) in [5, 5.41) is 5.48. The van der Waals surface area contributed by atoms with Crippen LogP contribution < -0.4 is 15.4 Å². The van der Waals surface area contributed by atoms with Gasteiger partial charge < -0.3 is 10.6 Å². The quantitative estimate of drug-likeness (QED) is 0.650. The third-order valence-electron chi connectivity index (χ3n) is 3.47. The molecule has 9 heteroatoms. The first-order chi connectivity index (χ1) is 12.4. The van der Waals surface area contributed by atoms with Crippen LogP contribution in [0.1, 0.15) is 26.0 Å². The van der Waals surface area contributed by atoms with Gasteiger partial charge in [0.15, 0.2) is 0 Å². The molecule has 0 bridgehead atoms. The number of amides is 2. The Morgan fingerprint density at radius 3 is 2.54 bits per heavy atom. The monoisotopic (exact) mass is 377 g/mol. The Morgan fingerprint density at radius 2 is 1.92 bits per heavy atom. The van der Waals surface area contributed by atoms with E-state index in [0.717, 1.165) is 5.69 Å². The smallest absolute Gasteiger partial charge is 0.319 e. The lowest BCUT2D eigenvalue weighted by molar-refractivity contribution is 0.249. The van der Waals surface area contributed by atoms with Gasteiger partial charge in [0.25, 0.3) is 0 Å². The molecule has 2 rings (SSSR count). The first-order valence-electron chi connectivity index (χ1n) is 8.33. The topological polar surface area (TPSA) is 113 Å². The summed E-state index contributed by atoms with van der Waals surface area (Å²) in [6.45, 7) is 4.14. The van der Waals surface area contributed by atoms with E-state index in [1.165, 1.54) is 12.1 Å². The molecular weight excluding hydrogens is 354 g/mol. The van der Waals surface area contributed by atoms with E-state index in [2.05, 4.69) is 25.3 Å². The molecule has 26 heavy (non-hydrogen) atoms. The number of sulfonamides is 1. The summed E-state index contributed by atoms with van der Waals surface area (Å²) in [6.07, 6.45) is 6.12. The van der Waals surface area contributed by atoms with Crippen LogP contribution in [0.4, 0.5) is 10.5 Å². The van der Waals surface area contributed by atoms with Gasteiger partial charge in [0.1, 0.15) is 0 Å². The van der Waals surface area contributed by atoms with E-state index >= 15 is 0 Å². The van der Waals surface area contributed by atoms with Crippen molar-refractivity contribution in [1.29, 1.82) is 0 Å². The molecule has 0 saturated carbocycles. The second kappa shape index (κ2) is 9.25. The molecule has 140 valence electrons. The highest BCUT2D eigenvalue weighted by Gasteiger charge is 2.13. The van der Waals surface area contributed by atoms with Crippen molar-refractivity contribution >= 4 is 21.7 Å². The second-order valence-electron chi connectivity index (χ2n) is 5.82. The number of urea groups is 1. The molecular formula is C17H23N5O3S. The number of nitrogens with zero attached hydrogens (tertiary/aromatic N) is 2. The van der Waals surface area contributed by atoms with Gasteiger partial charge in [-0.15, -0.1) is 0 Å². The maximum absolute atomic E-state index is 12.0. The Labute approximate surface area is 153 Å². The van der Waals surface area contributed by atoms with Gasteiger partial charge in [-0.3, -0.25) is 9.97 Å². The molecule has 3 N–H and O–H groups in total. The molecule has 8 nitrogen and oxygen atoms in total. The van der Waals surface area contributed by atoms with Gasteiger partial charge in [-0.1, -0.05) is 6.92 Å². The van der Waals surface area contributed by atoms with E-state index in [4.69, 9.17) is 0 Å². The van der Waals surface area contributed by atoms with E-state index in [1.54, 1.807) is 30.7 Å². The van der Waals surface area contributed by atoms with Crippen molar-refractivity contribution in [3.63, 3.8) is 0 Å². The van der Waals surface area contributed by atoms with Gasteiger partial charge >= 0.3 is 6.03 Å². The molecule has 0 radical (unpaired) electrons. The minimum Gasteiger partial charge on any atom is -0.335 e. The first-order valence-corrected chi connectivity index (χ1v) is 9.81. The number of hydrogen-bond donors (Lipinski definition) is 3. The van der Waals surface area contributed by atoms with E-state index in [1.807, 2.05) is 13.8 Å². The average molecular weight is 377 g/mol. The van der Waals surface area contributed by atoms with Crippen molar-refractivity contribution < 1.29 is 13.2 Å². The molecule has 0 spiro atoms. The maximum atomic E-state index is 12.0. The van der Waals surface area contributed by atoms with Gasteiger partial charge in [-0.25, -0.2) is 17.9 Å². The first kappa shape index (κ1) is 19.8. The highest BCUT2D eigenvalue weighted by molar-refractivity contribution is 7.89. The van der Waals surface area contributed by atoms with Crippen LogP contribution in [0.5, 0.6) is 0 Å². The fraction of sp³-hybridized carbons (Fsp3) is 0.353. The highest BCUT2D eigenvalue weighted by atomic mass is 32.2. The second-order valence-corrected chi connectivity index (χ2v) is 7.59. The Morgan fingerprint density at radius 1 is 1.19 bits per heavy atom. The molecule has 1 aromatic carbocycles. The molecule has 1 atom stereocenters. The average Bonchev–Trinajstić information content (AvgIpc) is 2.61. The summed E-state index contributed by atoms with van der Waals surface area (Å²) >= 11 is 0. The number of carbonyl (C=O) groups excluding carboxylic acids is 1. The van der Waals surface area contributed by atoms with Crippen molar-refractivity contribution in [3.8, 4) is 0 Å². The molecule has 2 aromatic rings. The molecule has 1 heterocycles. The van der Waals surface area contributed by atoms with Crippen LogP contribution in [0, 0.1) is 0 Å². The van der Waals surface area contributed by atoms with E-state index in [-0.39, 0.29) is 17.0 Å². The summed E-state index contributed by atoms with van der Waals surface area (Å²) in [6, 6.07) is 5.50. The number of aromatic nitrogens is 2. The van der Waals surface area contributed by atoms with Crippen molar-refractivity contribution in [2.45, 2.75) is 37.6 Å². The van der Waals surface area contributed by atoms with Gasteiger partial charge in [-0.05, 0) is 37.6 Å². The van der Waals surface area contributed by atoms with Crippen LogP contribution in [-0.4, -0.2) is 37.0 Å². The number of nitrogens with one attached hydrogen (secondary N) is 3. The van der Waals surface area contributed by atoms with Crippen LogP contribution in [0.15, 0.2) is 47.8 Å². The van der Waals surface area contributed by atoms with Gasteiger partial charge in [0, 0.05) is 43.3 Å². The zero-order chi connectivity index (χ0) is 19.0. The zero-order valence-corrected chi connectivity index (χ0v) is 15.6. The van der Waals surface area contributed by atoms with Crippen molar-refractivity contribution in [2.75, 3.05) is 11.9 Å². The van der Waals surface area contributed by atoms with Crippen LogP contribution in [0.2, 0.25) is 0 Å². The summed E-state index contributed by atoms with van der Waals surface area (Å²) < 4.78 is 26.5. The fourth-order valence-corrected chi connectivity index (χ4v) is 3.36. The number of anilines is 1. The highest BCUT2D eigenvalue weighted by Crippen LogP contribution is 2.14. The lowest BCUT2D eigenvalue weighted by Crippen LogP contribution is -2.37. The van der Waals surface area contributed by atoms with Crippen LogP contribution in [0.25, 0.3) is 0 Å². The van der Waals surface area contributed by atoms with E-state index in [9.17, 15) is 13.2 Å². The SMILES string of the molecule is CCCNS(=O)(=O)c1ccc(NC(=O)NC(C)Cc2cnccn2)cc1. The number of rotatable bonds is 8. The number of hydrogen-bond acceptors (Lipinski definition) is 5. The Bertz CT molecular complexity index is 810. The van der Waals surface area contributed by atoms with E-state index in [0.29, 0.717) is 25.1 Å². The van der Waals surface area contributed by atoms with E-state index < -0.39 is 10.0 Å². The number of benzene rings is 1. The van der Waals surface area contributed by atoms with Crippen LogP contribution in [0.3, 0.4) is 0 Å². The standard InChI is InChI=1S/C17H23N5O3S/c1-3-8-20-26(24,25)16-6-4-14(5-7-16)22-17(23)21-13(2)11-15-12-18-9-10-19-15/h4-7,9-10,12-13,20H,3,8,11H2,1-2H3,(H2,21,22,23). The Hall–Kier alpha value is -2.52. The minimum atomic E-state index is -3.51.